The van der Waals surface area contributed by atoms with Gasteiger partial charge in [-0.15, -0.1) is 0 Å². The standard InChI is InChI=1S/C18H22N4O3/c1-14-2-3-16(25-14)10-21-6-4-18(5-7-21)12-22(17(23)11-24-18)15-8-19-13-20-9-15/h2-3,8-9,13H,4-7,10-12H2,1H3. The molecule has 2 aromatic heterocycles. The summed E-state index contributed by atoms with van der Waals surface area (Å²) in [6.07, 6.45) is 6.62. The molecule has 0 aliphatic carbocycles. The van der Waals surface area contributed by atoms with Crippen molar-refractivity contribution >= 4 is 11.6 Å². The van der Waals surface area contributed by atoms with Crippen molar-refractivity contribution in [3.63, 3.8) is 0 Å². The summed E-state index contributed by atoms with van der Waals surface area (Å²) in [6.45, 7) is 5.31. The molecular formula is C18H22N4O3. The van der Waals surface area contributed by atoms with Crippen molar-refractivity contribution in [3.05, 3.63) is 42.4 Å². The number of aromatic nitrogens is 2. The second kappa shape index (κ2) is 6.57. The first-order valence-electron chi connectivity index (χ1n) is 8.61. The van der Waals surface area contributed by atoms with Crippen LogP contribution < -0.4 is 4.90 Å². The van der Waals surface area contributed by atoms with Crippen molar-refractivity contribution in [3.8, 4) is 0 Å². The molecule has 0 bridgehead atoms. The van der Waals surface area contributed by atoms with Gasteiger partial charge in [0.05, 0.1) is 36.8 Å². The second-order valence-electron chi connectivity index (χ2n) is 6.84. The van der Waals surface area contributed by atoms with Crippen LogP contribution in [0.1, 0.15) is 24.4 Å². The number of furan rings is 1. The summed E-state index contributed by atoms with van der Waals surface area (Å²) in [4.78, 5) is 24.4. The third kappa shape index (κ3) is 3.43. The highest BCUT2D eigenvalue weighted by molar-refractivity contribution is 5.94. The first-order valence-corrected chi connectivity index (χ1v) is 8.61. The van der Waals surface area contributed by atoms with E-state index in [2.05, 4.69) is 14.9 Å². The number of carbonyl (C=O) groups is 1. The fourth-order valence-corrected chi connectivity index (χ4v) is 3.59. The maximum absolute atomic E-state index is 12.3. The van der Waals surface area contributed by atoms with Gasteiger partial charge in [0.15, 0.2) is 0 Å². The lowest BCUT2D eigenvalue weighted by Gasteiger charge is -2.46. The molecule has 132 valence electrons. The largest absolute Gasteiger partial charge is 0.465 e. The molecule has 4 heterocycles. The Morgan fingerprint density at radius 3 is 2.64 bits per heavy atom. The summed E-state index contributed by atoms with van der Waals surface area (Å²) in [5.74, 6) is 1.91. The van der Waals surface area contributed by atoms with Crippen molar-refractivity contribution in [2.75, 3.05) is 31.1 Å². The van der Waals surface area contributed by atoms with Gasteiger partial charge in [0.2, 0.25) is 0 Å². The van der Waals surface area contributed by atoms with Gasteiger partial charge in [0.25, 0.3) is 5.91 Å². The minimum atomic E-state index is -0.278. The number of rotatable bonds is 3. The van der Waals surface area contributed by atoms with E-state index in [-0.39, 0.29) is 18.1 Å². The highest BCUT2D eigenvalue weighted by atomic mass is 16.5. The minimum Gasteiger partial charge on any atom is -0.465 e. The summed E-state index contributed by atoms with van der Waals surface area (Å²) < 4.78 is 11.7. The number of hydrogen-bond donors (Lipinski definition) is 0. The molecule has 2 aromatic rings. The van der Waals surface area contributed by atoms with Crippen LogP contribution in [0.5, 0.6) is 0 Å². The normalized spacial score (nSPS) is 21.0. The van der Waals surface area contributed by atoms with Crippen LogP contribution in [0.25, 0.3) is 0 Å². The summed E-state index contributed by atoms with van der Waals surface area (Å²) in [6, 6.07) is 4.03. The van der Waals surface area contributed by atoms with Gasteiger partial charge in [-0.3, -0.25) is 9.69 Å². The lowest BCUT2D eigenvalue weighted by molar-refractivity contribution is -0.145. The van der Waals surface area contributed by atoms with E-state index in [9.17, 15) is 4.79 Å². The zero-order valence-corrected chi connectivity index (χ0v) is 14.4. The molecular weight excluding hydrogens is 320 g/mol. The lowest BCUT2D eigenvalue weighted by atomic mass is 9.89. The number of carbonyl (C=O) groups excluding carboxylic acids is 1. The molecule has 0 unspecified atom stereocenters. The molecule has 25 heavy (non-hydrogen) atoms. The third-order valence-corrected chi connectivity index (χ3v) is 5.05. The Morgan fingerprint density at radius 2 is 1.96 bits per heavy atom. The second-order valence-corrected chi connectivity index (χ2v) is 6.84. The van der Waals surface area contributed by atoms with E-state index in [1.165, 1.54) is 6.33 Å². The molecule has 0 atom stereocenters. The van der Waals surface area contributed by atoms with Crippen molar-refractivity contribution < 1.29 is 13.9 Å². The summed E-state index contributed by atoms with van der Waals surface area (Å²) in [7, 11) is 0. The van der Waals surface area contributed by atoms with Crippen molar-refractivity contribution in [1.29, 1.82) is 0 Å². The fraction of sp³-hybridized carbons (Fsp3) is 0.500. The van der Waals surface area contributed by atoms with Gasteiger partial charge in [-0.1, -0.05) is 0 Å². The van der Waals surface area contributed by atoms with Gasteiger partial charge in [0, 0.05) is 13.1 Å². The molecule has 7 nitrogen and oxygen atoms in total. The first-order chi connectivity index (χ1) is 12.1. The Hall–Kier alpha value is -2.25. The molecule has 0 saturated carbocycles. The van der Waals surface area contributed by atoms with Crippen LogP contribution in [0.15, 0.2) is 35.3 Å². The van der Waals surface area contributed by atoms with Crippen molar-refractivity contribution in [1.82, 2.24) is 14.9 Å². The van der Waals surface area contributed by atoms with Crippen LogP contribution in [0.4, 0.5) is 5.69 Å². The number of nitrogens with zero attached hydrogens (tertiary/aromatic N) is 4. The monoisotopic (exact) mass is 342 g/mol. The van der Waals surface area contributed by atoms with E-state index in [0.29, 0.717) is 6.54 Å². The van der Waals surface area contributed by atoms with E-state index in [4.69, 9.17) is 9.15 Å². The van der Waals surface area contributed by atoms with Gasteiger partial charge in [-0.05, 0) is 31.9 Å². The average Bonchev–Trinajstić information content (AvgIpc) is 3.05. The van der Waals surface area contributed by atoms with Crippen LogP contribution in [-0.4, -0.2) is 52.6 Å². The Bertz CT molecular complexity index is 738. The molecule has 0 aromatic carbocycles. The number of morpholine rings is 1. The predicted octanol–water partition coefficient (Wildman–Crippen LogP) is 1.78. The van der Waals surface area contributed by atoms with Gasteiger partial charge >= 0.3 is 0 Å². The van der Waals surface area contributed by atoms with E-state index in [0.717, 1.165) is 49.7 Å². The van der Waals surface area contributed by atoms with Crippen LogP contribution in [0.3, 0.4) is 0 Å². The number of hydrogen-bond acceptors (Lipinski definition) is 6. The van der Waals surface area contributed by atoms with E-state index in [1.807, 2.05) is 19.1 Å². The van der Waals surface area contributed by atoms with Crippen LogP contribution in [0.2, 0.25) is 0 Å². The number of aryl methyl sites for hydroxylation is 1. The molecule has 0 radical (unpaired) electrons. The predicted molar refractivity (Wildman–Crippen MR) is 91.0 cm³/mol. The zero-order chi connectivity index (χ0) is 17.3. The molecule has 7 heteroatoms. The molecule has 2 fully saturated rings. The van der Waals surface area contributed by atoms with Crippen LogP contribution >= 0.6 is 0 Å². The fourth-order valence-electron chi connectivity index (χ4n) is 3.59. The topological polar surface area (TPSA) is 71.7 Å². The number of likely N-dealkylation sites (tertiary alicyclic amines) is 1. The lowest BCUT2D eigenvalue weighted by Crippen LogP contribution is -2.58. The van der Waals surface area contributed by atoms with E-state index < -0.39 is 0 Å². The van der Waals surface area contributed by atoms with Crippen molar-refractivity contribution in [2.45, 2.75) is 31.9 Å². The van der Waals surface area contributed by atoms with Crippen LogP contribution in [0, 0.1) is 6.92 Å². The molecule has 2 saturated heterocycles. The smallest absolute Gasteiger partial charge is 0.253 e. The van der Waals surface area contributed by atoms with Crippen LogP contribution in [-0.2, 0) is 16.1 Å². The quantitative estimate of drug-likeness (QED) is 0.847. The van der Waals surface area contributed by atoms with E-state index >= 15 is 0 Å². The molecule has 1 spiro atoms. The highest BCUT2D eigenvalue weighted by Gasteiger charge is 2.42. The maximum Gasteiger partial charge on any atom is 0.253 e. The van der Waals surface area contributed by atoms with Gasteiger partial charge in [-0.2, -0.15) is 0 Å². The SMILES string of the molecule is Cc1ccc(CN2CCC3(CC2)CN(c2cncnc2)C(=O)CO3)o1. The maximum atomic E-state index is 12.3. The Morgan fingerprint density at radius 1 is 1.20 bits per heavy atom. The number of ether oxygens (including phenoxy) is 1. The van der Waals surface area contributed by atoms with Gasteiger partial charge in [0.1, 0.15) is 24.5 Å². The Kier molecular flexibility index (Phi) is 4.27. The molecule has 2 aliphatic heterocycles. The highest BCUT2D eigenvalue weighted by Crippen LogP contribution is 2.32. The third-order valence-electron chi connectivity index (χ3n) is 5.05. The Balaban J connectivity index is 1.41. The summed E-state index contributed by atoms with van der Waals surface area (Å²) in [5.41, 5.74) is 0.461. The number of amides is 1. The average molecular weight is 342 g/mol. The van der Waals surface area contributed by atoms with Crippen molar-refractivity contribution in [2.24, 2.45) is 0 Å². The molecule has 4 rings (SSSR count). The Labute approximate surface area is 146 Å². The number of anilines is 1. The molecule has 1 amide bonds. The molecule has 0 N–H and O–H groups in total. The minimum absolute atomic E-state index is 0.0334. The summed E-state index contributed by atoms with van der Waals surface area (Å²) >= 11 is 0. The van der Waals surface area contributed by atoms with Gasteiger partial charge in [-0.25, -0.2) is 9.97 Å². The number of piperidine rings is 1. The van der Waals surface area contributed by atoms with E-state index in [1.54, 1.807) is 17.3 Å². The molecule has 2 aliphatic rings. The first kappa shape index (κ1) is 16.2. The summed E-state index contributed by atoms with van der Waals surface area (Å²) in [5, 5.41) is 0. The van der Waals surface area contributed by atoms with Gasteiger partial charge < -0.3 is 14.1 Å². The zero-order valence-electron chi connectivity index (χ0n) is 14.4.